The summed E-state index contributed by atoms with van der Waals surface area (Å²) in [7, 11) is -4.07. The normalized spacial score (nSPS) is 19.1. The zero-order valence-electron chi connectivity index (χ0n) is 28.5. The van der Waals surface area contributed by atoms with E-state index in [1.165, 1.54) is 46.9 Å². The monoisotopic (exact) mass is 784 g/mol. The van der Waals surface area contributed by atoms with Crippen LogP contribution in [-0.2, 0) is 26.0 Å². The quantitative estimate of drug-likeness (QED) is 0.119. The third-order valence-corrected chi connectivity index (χ3v) is 13.0. The maximum absolute atomic E-state index is 15.5. The Kier molecular flexibility index (Phi) is 10.4. The van der Waals surface area contributed by atoms with Crippen LogP contribution >= 0.6 is 11.3 Å². The third kappa shape index (κ3) is 7.51. The largest absolute Gasteiger partial charge is 0.459 e. The summed E-state index contributed by atoms with van der Waals surface area (Å²) in [5.41, 5.74) is -0.137. The lowest BCUT2D eigenvalue weighted by atomic mass is 9.88. The Hall–Kier alpha value is -5.04. The number of amides is 1. The SMILES string of the molecule is CCOC(=O)c1nc(-c2ccc(S(=O)(=O)N3CCNC[C@]34C[C@H]4Cc3c(F)cncc3NC(=O)C[C@@H](c3ccc(F)cc3)c3cc(F)cc(F)c3)s2)no1. The lowest BCUT2D eigenvalue weighted by Crippen LogP contribution is -2.56. The van der Waals surface area contributed by atoms with Crippen molar-refractivity contribution in [2.45, 2.75) is 41.9 Å². The molecule has 1 aliphatic heterocycles. The fourth-order valence-electron chi connectivity index (χ4n) is 6.90. The molecule has 5 aromatic rings. The number of ether oxygens (including phenoxy) is 1. The van der Waals surface area contributed by atoms with Gasteiger partial charge in [-0.3, -0.25) is 9.78 Å². The van der Waals surface area contributed by atoms with Crippen LogP contribution in [0.1, 0.15) is 53.1 Å². The first kappa shape index (κ1) is 37.3. The average molecular weight is 785 g/mol. The Morgan fingerprint density at radius 2 is 1.81 bits per heavy atom. The smallest absolute Gasteiger partial charge is 0.397 e. The summed E-state index contributed by atoms with van der Waals surface area (Å²) in [6.45, 7) is 2.57. The molecule has 54 heavy (non-hydrogen) atoms. The first-order valence-corrected chi connectivity index (χ1v) is 19.1. The van der Waals surface area contributed by atoms with E-state index in [1.807, 2.05) is 0 Å². The second kappa shape index (κ2) is 15.0. The fraction of sp³-hybridized carbons (Fsp3) is 0.306. The van der Waals surface area contributed by atoms with E-state index in [-0.39, 0.29) is 64.6 Å². The van der Waals surface area contributed by atoms with Crippen molar-refractivity contribution in [1.29, 1.82) is 0 Å². The lowest BCUT2D eigenvalue weighted by molar-refractivity contribution is -0.116. The Morgan fingerprint density at radius 3 is 2.56 bits per heavy atom. The van der Waals surface area contributed by atoms with Gasteiger partial charge >= 0.3 is 11.9 Å². The number of thiophene rings is 1. The molecule has 282 valence electrons. The van der Waals surface area contributed by atoms with Crippen LogP contribution in [0.5, 0.6) is 0 Å². The first-order chi connectivity index (χ1) is 25.9. The molecule has 1 aliphatic carbocycles. The van der Waals surface area contributed by atoms with E-state index in [0.717, 1.165) is 29.7 Å². The van der Waals surface area contributed by atoms with Gasteiger partial charge in [-0.25, -0.2) is 30.8 Å². The van der Waals surface area contributed by atoms with Gasteiger partial charge in [0, 0.05) is 43.6 Å². The molecular weight excluding hydrogens is 753 g/mol. The number of hydrogen-bond donors (Lipinski definition) is 2. The minimum Gasteiger partial charge on any atom is -0.459 e. The maximum Gasteiger partial charge on any atom is 0.397 e. The van der Waals surface area contributed by atoms with Crippen LogP contribution in [0.25, 0.3) is 10.7 Å². The Balaban J connectivity index is 1.09. The van der Waals surface area contributed by atoms with Gasteiger partial charge in [0.15, 0.2) is 0 Å². The number of nitrogens with zero attached hydrogens (tertiary/aromatic N) is 4. The Bertz CT molecular complexity index is 2300. The Labute approximate surface area is 310 Å². The van der Waals surface area contributed by atoms with Crippen LogP contribution in [0.2, 0.25) is 0 Å². The topological polar surface area (TPSA) is 157 Å². The van der Waals surface area contributed by atoms with Gasteiger partial charge in [-0.05, 0) is 73.2 Å². The van der Waals surface area contributed by atoms with Crippen molar-refractivity contribution in [2.75, 3.05) is 31.6 Å². The van der Waals surface area contributed by atoms with Gasteiger partial charge in [0.1, 0.15) is 27.5 Å². The zero-order chi connectivity index (χ0) is 38.2. The summed E-state index contributed by atoms with van der Waals surface area (Å²) >= 11 is 0.911. The molecule has 3 aromatic heterocycles. The molecule has 1 saturated carbocycles. The number of anilines is 1. The van der Waals surface area contributed by atoms with Crippen molar-refractivity contribution in [1.82, 2.24) is 24.7 Å². The predicted octanol–water partition coefficient (Wildman–Crippen LogP) is 5.68. The van der Waals surface area contributed by atoms with E-state index in [0.29, 0.717) is 36.0 Å². The van der Waals surface area contributed by atoms with Crippen LogP contribution in [0.4, 0.5) is 23.2 Å². The molecule has 7 rings (SSSR count). The first-order valence-electron chi connectivity index (χ1n) is 16.9. The minimum atomic E-state index is -4.07. The van der Waals surface area contributed by atoms with Gasteiger partial charge in [0.25, 0.3) is 10.0 Å². The molecule has 2 N–H and O–H groups in total. The van der Waals surface area contributed by atoms with Gasteiger partial charge in [-0.15, -0.1) is 11.3 Å². The number of benzene rings is 2. The van der Waals surface area contributed by atoms with Gasteiger partial charge in [0.05, 0.1) is 35.1 Å². The van der Waals surface area contributed by atoms with Crippen LogP contribution in [0.3, 0.4) is 0 Å². The van der Waals surface area contributed by atoms with E-state index in [2.05, 4.69) is 25.8 Å². The molecule has 18 heteroatoms. The van der Waals surface area contributed by atoms with E-state index in [1.54, 1.807) is 6.92 Å². The zero-order valence-corrected chi connectivity index (χ0v) is 30.2. The minimum absolute atomic E-state index is 0.0174. The summed E-state index contributed by atoms with van der Waals surface area (Å²) in [5, 5.41) is 9.73. The van der Waals surface area contributed by atoms with Crippen molar-refractivity contribution >= 4 is 38.9 Å². The number of nitrogens with one attached hydrogen (secondary N) is 2. The van der Waals surface area contributed by atoms with Crippen molar-refractivity contribution in [3.05, 3.63) is 113 Å². The number of hydrogen-bond acceptors (Lipinski definition) is 11. The summed E-state index contributed by atoms with van der Waals surface area (Å²) < 4.78 is 97.2. The number of carbonyl (C=O) groups is 2. The van der Waals surface area contributed by atoms with Gasteiger partial charge < -0.3 is 19.9 Å². The van der Waals surface area contributed by atoms with Crippen LogP contribution < -0.4 is 10.6 Å². The molecule has 1 saturated heterocycles. The average Bonchev–Trinajstić information content (AvgIpc) is 3.49. The van der Waals surface area contributed by atoms with Crippen molar-refractivity contribution < 1.29 is 44.8 Å². The van der Waals surface area contributed by atoms with Crippen LogP contribution in [-0.4, -0.2) is 71.5 Å². The van der Waals surface area contributed by atoms with E-state index in [9.17, 15) is 31.2 Å². The van der Waals surface area contributed by atoms with E-state index < -0.39 is 56.6 Å². The molecule has 1 spiro atoms. The van der Waals surface area contributed by atoms with Gasteiger partial charge in [0.2, 0.25) is 11.7 Å². The number of piperazine rings is 1. The molecule has 0 unspecified atom stereocenters. The van der Waals surface area contributed by atoms with Crippen molar-refractivity contribution in [2.24, 2.45) is 5.92 Å². The molecule has 1 amide bonds. The number of esters is 1. The molecule has 2 aromatic carbocycles. The molecule has 2 fully saturated rings. The standard InChI is InChI=1S/C36H32F4N6O6S2/c1-2-51-35(48)34-44-33(45-52-34)30-7-8-32(53-30)54(49,50)46-10-9-41-19-36(46)16-22(36)13-27-28(40)17-42-18-29(27)43-31(47)15-26(20-3-5-23(37)6-4-20)21-11-24(38)14-25(39)12-21/h3-8,11-12,14,17-18,22,26,41H,2,9-10,13,15-16,19H2,1H3,(H,43,47)/t22-,26+,36+/m1/s1. The fourth-order valence-corrected chi connectivity index (χ4v) is 10.1. The van der Waals surface area contributed by atoms with E-state index in [4.69, 9.17) is 9.26 Å². The number of pyridine rings is 1. The van der Waals surface area contributed by atoms with E-state index >= 15 is 4.39 Å². The van der Waals surface area contributed by atoms with Crippen LogP contribution in [0.15, 0.2) is 75.7 Å². The molecule has 3 atom stereocenters. The van der Waals surface area contributed by atoms with Crippen molar-refractivity contribution in [3.63, 3.8) is 0 Å². The number of carbonyl (C=O) groups excluding carboxylic acids is 2. The number of halogens is 4. The number of rotatable bonds is 12. The number of aromatic nitrogens is 3. The Morgan fingerprint density at radius 1 is 1.06 bits per heavy atom. The highest BCUT2D eigenvalue weighted by Crippen LogP contribution is 2.54. The summed E-state index contributed by atoms with van der Waals surface area (Å²) in [6, 6.07) is 11.0. The van der Waals surface area contributed by atoms with Crippen LogP contribution in [0, 0.1) is 29.2 Å². The highest BCUT2D eigenvalue weighted by molar-refractivity contribution is 7.91. The second-order valence-electron chi connectivity index (χ2n) is 12.9. The maximum atomic E-state index is 15.5. The molecule has 0 bridgehead atoms. The highest BCUT2D eigenvalue weighted by atomic mass is 32.2. The molecule has 2 aliphatic rings. The summed E-state index contributed by atoms with van der Waals surface area (Å²) in [6.07, 6.45) is 2.42. The molecule has 0 radical (unpaired) electrons. The number of sulfonamides is 1. The van der Waals surface area contributed by atoms with Crippen molar-refractivity contribution in [3.8, 4) is 10.7 Å². The third-order valence-electron chi connectivity index (χ3n) is 9.52. The molecule has 4 heterocycles. The second-order valence-corrected chi connectivity index (χ2v) is 16.1. The van der Waals surface area contributed by atoms with Gasteiger partial charge in [-0.1, -0.05) is 17.3 Å². The highest BCUT2D eigenvalue weighted by Gasteiger charge is 2.62. The molecular formula is C36H32F4N6O6S2. The summed E-state index contributed by atoms with van der Waals surface area (Å²) in [5.74, 6) is -5.92. The lowest BCUT2D eigenvalue weighted by Gasteiger charge is -2.36. The van der Waals surface area contributed by atoms with Gasteiger partial charge in [-0.2, -0.15) is 9.29 Å². The predicted molar refractivity (Wildman–Crippen MR) is 187 cm³/mol. The molecule has 12 nitrogen and oxygen atoms in total. The summed E-state index contributed by atoms with van der Waals surface area (Å²) in [4.78, 5) is 33.8.